The third-order valence-corrected chi connectivity index (χ3v) is 1.85. The van der Waals surface area contributed by atoms with Crippen LogP contribution in [0.5, 0.6) is 0 Å². The molecular formula is C9H13N3O2. The van der Waals surface area contributed by atoms with Gasteiger partial charge in [0.15, 0.2) is 0 Å². The van der Waals surface area contributed by atoms with Crippen LogP contribution in [0, 0.1) is 6.92 Å². The molecule has 0 aliphatic carbocycles. The van der Waals surface area contributed by atoms with Crippen LogP contribution in [0.3, 0.4) is 0 Å². The van der Waals surface area contributed by atoms with Gasteiger partial charge in [-0.2, -0.15) is 0 Å². The van der Waals surface area contributed by atoms with Crippen LogP contribution >= 0.6 is 0 Å². The van der Waals surface area contributed by atoms with Gasteiger partial charge in [0.05, 0.1) is 0 Å². The quantitative estimate of drug-likeness (QED) is 0.667. The fourth-order valence-corrected chi connectivity index (χ4v) is 1.23. The number of nitrogens with one attached hydrogen (secondary N) is 1. The molecule has 0 radical (unpaired) electrons. The van der Waals surface area contributed by atoms with Gasteiger partial charge in [0.1, 0.15) is 5.82 Å². The van der Waals surface area contributed by atoms with Gasteiger partial charge in [-0.05, 0) is 25.5 Å². The minimum absolute atomic E-state index is 0.0959. The summed E-state index contributed by atoms with van der Waals surface area (Å²) in [5.74, 6) is 0.319. The molecule has 14 heavy (non-hydrogen) atoms. The Balaban J connectivity index is 2.94. The highest BCUT2D eigenvalue weighted by Crippen LogP contribution is 2.15. The first kappa shape index (κ1) is 10.5. The Morgan fingerprint density at radius 2 is 2.29 bits per heavy atom. The van der Waals surface area contributed by atoms with Crippen molar-refractivity contribution in [2.45, 2.75) is 19.9 Å². The number of carboxylic acid groups (broad SMARTS) is 1. The van der Waals surface area contributed by atoms with E-state index in [-0.39, 0.29) is 6.04 Å². The number of anilines is 1. The van der Waals surface area contributed by atoms with Crippen molar-refractivity contribution in [1.29, 1.82) is 0 Å². The summed E-state index contributed by atoms with van der Waals surface area (Å²) in [5.41, 5.74) is 7.35. The van der Waals surface area contributed by atoms with Gasteiger partial charge in [-0.15, -0.1) is 0 Å². The van der Waals surface area contributed by atoms with Crippen molar-refractivity contribution in [1.82, 2.24) is 4.98 Å². The van der Waals surface area contributed by atoms with Crippen molar-refractivity contribution in [3.05, 3.63) is 23.4 Å². The maximum atomic E-state index is 10.3. The third kappa shape index (κ3) is 2.43. The molecule has 0 aliphatic rings. The average Bonchev–Trinajstić information content (AvgIpc) is 2.01. The maximum Gasteiger partial charge on any atom is 0.410 e. The van der Waals surface area contributed by atoms with Gasteiger partial charge in [-0.25, -0.2) is 9.78 Å². The van der Waals surface area contributed by atoms with E-state index in [4.69, 9.17) is 10.8 Å². The molecular weight excluding hydrogens is 182 g/mol. The van der Waals surface area contributed by atoms with Crippen LogP contribution in [0.2, 0.25) is 0 Å². The molecule has 0 fully saturated rings. The molecule has 1 aromatic heterocycles. The van der Waals surface area contributed by atoms with Crippen LogP contribution in [-0.4, -0.2) is 16.2 Å². The fourth-order valence-electron chi connectivity index (χ4n) is 1.23. The van der Waals surface area contributed by atoms with E-state index in [0.717, 1.165) is 11.3 Å². The van der Waals surface area contributed by atoms with Crippen LogP contribution in [0.25, 0.3) is 0 Å². The first-order valence-electron chi connectivity index (χ1n) is 4.23. The molecule has 0 saturated carbocycles. The molecule has 0 aromatic carbocycles. The number of pyridine rings is 1. The lowest BCUT2D eigenvalue weighted by Gasteiger charge is -2.09. The molecule has 1 aromatic rings. The van der Waals surface area contributed by atoms with Crippen molar-refractivity contribution < 1.29 is 9.90 Å². The normalized spacial score (nSPS) is 12.2. The summed E-state index contributed by atoms with van der Waals surface area (Å²) in [6, 6.07) is 3.28. The summed E-state index contributed by atoms with van der Waals surface area (Å²) in [6.45, 7) is 3.65. The monoisotopic (exact) mass is 195 g/mol. The van der Waals surface area contributed by atoms with Crippen molar-refractivity contribution in [3.63, 3.8) is 0 Å². The molecule has 1 rings (SSSR count). The topological polar surface area (TPSA) is 88.2 Å². The predicted octanol–water partition coefficient (Wildman–Crippen LogP) is 1.50. The van der Waals surface area contributed by atoms with Gasteiger partial charge < -0.3 is 10.8 Å². The van der Waals surface area contributed by atoms with Gasteiger partial charge in [-0.3, -0.25) is 5.32 Å². The van der Waals surface area contributed by atoms with Crippen molar-refractivity contribution in [2.75, 3.05) is 5.32 Å². The lowest BCUT2D eigenvalue weighted by atomic mass is 10.1. The van der Waals surface area contributed by atoms with Crippen molar-refractivity contribution in [3.8, 4) is 0 Å². The molecule has 5 heteroatoms. The first-order valence-corrected chi connectivity index (χ1v) is 4.23. The number of hydrogen-bond acceptors (Lipinski definition) is 3. The fraction of sp³-hybridized carbons (Fsp3) is 0.333. The van der Waals surface area contributed by atoms with Gasteiger partial charge in [0, 0.05) is 11.7 Å². The molecule has 4 N–H and O–H groups in total. The van der Waals surface area contributed by atoms with Crippen molar-refractivity contribution >= 4 is 11.9 Å². The van der Waals surface area contributed by atoms with Crippen LogP contribution in [-0.2, 0) is 0 Å². The molecule has 0 saturated heterocycles. The molecule has 1 atom stereocenters. The highest BCUT2D eigenvalue weighted by atomic mass is 16.4. The Bertz CT molecular complexity index is 350. The Labute approximate surface area is 82.0 Å². The summed E-state index contributed by atoms with van der Waals surface area (Å²) < 4.78 is 0. The van der Waals surface area contributed by atoms with Gasteiger partial charge >= 0.3 is 6.09 Å². The number of hydrogen-bond donors (Lipinski definition) is 3. The van der Waals surface area contributed by atoms with E-state index < -0.39 is 6.09 Å². The number of aryl methyl sites for hydroxylation is 1. The highest BCUT2D eigenvalue weighted by Gasteiger charge is 2.06. The van der Waals surface area contributed by atoms with E-state index >= 15 is 0 Å². The van der Waals surface area contributed by atoms with E-state index in [1.54, 1.807) is 19.1 Å². The zero-order chi connectivity index (χ0) is 10.7. The van der Waals surface area contributed by atoms with Gasteiger partial charge in [-0.1, -0.05) is 6.07 Å². The van der Waals surface area contributed by atoms with E-state index in [2.05, 4.69) is 10.3 Å². The molecule has 76 valence electrons. The highest BCUT2D eigenvalue weighted by molar-refractivity contribution is 5.81. The average molecular weight is 195 g/mol. The molecule has 0 aliphatic heterocycles. The number of carbonyl (C=O) groups is 1. The second kappa shape index (κ2) is 4.06. The lowest BCUT2D eigenvalue weighted by Crippen LogP contribution is -2.12. The number of aromatic nitrogens is 1. The van der Waals surface area contributed by atoms with Crippen LogP contribution in [0.1, 0.15) is 24.2 Å². The van der Waals surface area contributed by atoms with E-state index in [1.807, 2.05) is 6.92 Å². The van der Waals surface area contributed by atoms with Gasteiger partial charge in [0.25, 0.3) is 0 Å². The standard InChI is InChI=1S/C9H13N3O2/c1-5(10)7-3-4-8(11-6(7)2)12-9(13)14/h3-5H,10H2,1-2H3,(H,11,12)(H,13,14). The number of nitrogens with two attached hydrogens (primary N) is 1. The van der Waals surface area contributed by atoms with Crippen LogP contribution in [0.15, 0.2) is 12.1 Å². The molecule has 0 spiro atoms. The summed E-state index contributed by atoms with van der Waals surface area (Å²) in [7, 11) is 0. The Kier molecular flexibility index (Phi) is 3.03. The maximum absolute atomic E-state index is 10.3. The molecule has 1 amide bonds. The van der Waals surface area contributed by atoms with E-state index in [0.29, 0.717) is 5.82 Å². The largest absolute Gasteiger partial charge is 0.465 e. The predicted molar refractivity (Wildman–Crippen MR) is 53.2 cm³/mol. The SMILES string of the molecule is Cc1nc(NC(=O)O)ccc1C(C)N. The first-order chi connectivity index (χ1) is 6.50. The summed E-state index contributed by atoms with van der Waals surface area (Å²) in [6.07, 6.45) is -1.12. The third-order valence-electron chi connectivity index (χ3n) is 1.85. The molecule has 0 bridgehead atoms. The van der Waals surface area contributed by atoms with Crippen molar-refractivity contribution in [2.24, 2.45) is 5.73 Å². The van der Waals surface area contributed by atoms with Crippen LogP contribution in [0.4, 0.5) is 10.6 Å². The zero-order valence-corrected chi connectivity index (χ0v) is 8.11. The second-order valence-electron chi connectivity index (χ2n) is 3.09. The summed E-state index contributed by atoms with van der Waals surface area (Å²) in [5, 5.41) is 10.6. The number of amides is 1. The molecule has 5 nitrogen and oxygen atoms in total. The number of nitrogens with zero attached hydrogens (tertiary/aromatic N) is 1. The molecule has 1 heterocycles. The zero-order valence-electron chi connectivity index (χ0n) is 8.11. The smallest absolute Gasteiger partial charge is 0.410 e. The van der Waals surface area contributed by atoms with E-state index in [9.17, 15) is 4.79 Å². The van der Waals surface area contributed by atoms with Gasteiger partial charge in [0.2, 0.25) is 0 Å². The second-order valence-corrected chi connectivity index (χ2v) is 3.09. The number of rotatable bonds is 2. The Morgan fingerprint density at radius 3 is 2.71 bits per heavy atom. The summed E-state index contributed by atoms with van der Waals surface area (Å²) >= 11 is 0. The Morgan fingerprint density at radius 1 is 1.64 bits per heavy atom. The minimum Gasteiger partial charge on any atom is -0.465 e. The molecule has 1 unspecified atom stereocenters. The van der Waals surface area contributed by atoms with E-state index in [1.165, 1.54) is 0 Å². The summed E-state index contributed by atoms with van der Waals surface area (Å²) in [4.78, 5) is 14.4. The Hall–Kier alpha value is -1.62. The minimum atomic E-state index is -1.12. The lowest BCUT2D eigenvalue weighted by molar-refractivity contribution is 0.209. The van der Waals surface area contributed by atoms with Crippen LogP contribution < -0.4 is 11.1 Å².